The van der Waals surface area contributed by atoms with Gasteiger partial charge in [-0.2, -0.15) is 0 Å². The zero-order chi connectivity index (χ0) is 15.5. The molecule has 0 spiro atoms. The Morgan fingerprint density at radius 2 is 1.71 bits per heavy atom. The van der Waals surface area contributed by atoms with Crippen molar-refractivity contribution in [2.75, 3.05) is 6.54 Å². The highest BCUT2D eigenvalue weighted by molar-refractivity contribution is 9.10. The lowest BCUT2D eigenvalue weighted by atomic mass is 9.99. The molecule has 0 aromatic heterocycles. The van der Waals surface area contributed by atoms with Crippen LogP contribution in [0, 0.1) is 5.82 Å². The van der Waals surface area contributed by atoms with E-state index in [-0.39, 0.29) is 11.9 Å². The summed E-state index contributed by atoms with van der Waals surface area (Å²) in [7, 11) is 0. The average molecular weight is 358 g/mol. The number of unbranched alkanes of at least 4 members (excludes halogenated alkanes) is 5. The SMILES string of the molecule is CCCCCCCCC(NCCC)c1cc(F)cc(Br)c1. The Morgan fingerprint density at radius 3 is 2.38 bits per heavy atom. The van der Waals surface area contributed by atoms with Crippen LogP contribution in [0.3, 0.4) is 0 Å². The molecule has 3 heteroatoms. The van der Waals surface area contributed by atoms with Crippen LogP contribution >= 0.6 is 15.9 Å². The first-order chi connectivity index (χ1) is 10.2. The minimum Gasteiger partial charge on any atom is -0.310 e. The average Bonchev–Trinajstić information content (AvgIpc) is 2.44. The zero-order valence-corrected chi connectivity index (χ0v) is 15.0. The highest BCUT2D eigenvalue weighted by Gasteiger charge is 2.12. The molecule has 0 amide bonds. The maximum absolute atomic E-state index is 13.6. The summed E-state index contributed by atoms with van der Waals surface area (Å²) in [6, 6.07) is 5.48. The molecule has 1 aromatic rings. The largest absolute Gasteiger partial charge is 0.310 e. The molecule has 1 unspecified atom stereocenters. The standard InChI is InChI=1S/C18H29BrFN/c1-3-5-6-7-8-9-10-18(21-11-4-2)15-12-16(19)14-17(20)13-15/h12-14,18,21H,3-11H2,1-2H3. The predicted octanol–water partition coefficient (Wildman–Crippen LogP) is 6.38. The fourth-order valence-corrected chi connectivity index (χ4v) is 3.09. The molecule has 1 N–H and O–H groups in total. The van der Waals surface area contributed by atoms with Crippen LogP contribution in [0.25, 0.3) is 0 Å². The second kappa shape index (κ2) is 11.2. The highest BCUT2D eigenvalue weighted by atomic mass is 79.9. The third kappa shape index (κ3) is 7.96. The molecule has 1 rings (SSSR count). The Balaban J connectivity index is 2.50. The third-order valence-electron chi connectivity index (χ3n) is 3.77. The van der Waals surface area contributed by atoms with Crippen LogP contribution in [0.4, 0.5) is 4.39 Å². The quantitative estimate of drug-likeness (QED) is 0.453. The number of nitrogens with one attached hydrogen (secondary N) is 1. The van der Waals surface area contributed by atoms with Gasteiger partial charge in [0, 0.05) is 10.5 Å². The van der Waals surface area contributed by atoms with E-state index in [0.29, 0.717) is 0 Å². The van der Waals surface area contributed by atoms with Gasteiger partial charge in [-0.3, -0.25) is 0 Å². The molecular formula is C18H29BrFN. The fourth-order valence-electron chi connectivity index (χ4n) is 2.61. The number of halogens is 2. The summed E-state index contributed by atoms with van der Waals surface area (Å²) in [5, 5.41) is 3.55. The Labute approximate surface area is 137 Å². The lowest BCUT2D eigenvalue weighted by Gasteiger charge is -2.19. The van der Waals surface area contributed by atoms with Crippen molar-refractivity contribution in [3.8, 4) is 0 Å². The van der Waals surface area contributed by atoms with E-state index in [1.54, 1.807) is 6.07 Å². The molecule has 1 aromatic carbocycles. The Kier molecular flexibility index (Phi) is 9.94. The lowest BCUT2D eigenvalue weighted by Crippen LogP contribution is -2.22. The molecule has 120 valence electrons. The molecular weight excluding hydrogens is 329 g/mol. The van der Waals surface area contributed by atoms with Crippen molar-refractivity contribution >= 4 is 15.9 Å². The number of benzene rings is 1. The minimum absolute atomic E-state index is 0.161. The van der Waals surface area contributed by atoms with Crippen LogP contribution in [-0.2, 0) is 0 Å². The summed E-state index contributed by atoms with van der Waals surface area (Å²) in [5.74, 6) is -0.161. The van der Waals surface area contributed by atoms with E-state index >= 15 is 0 Å². The first kappa shape index (κ1) is 18.6. The van der Waals surface area contributed by atoms with Gasteiger partial charge in [0.15, 0.2) is 0 Å². The molecule has 0 aliphatic carbocycles. The van der Waals surface area contributed by atoms with Crippen LogP contribution in [-0.4, -0.2) is 6.54 Å². The molecule has 21 heavy (non-hydrogen) atoms. The van der Waals surface area contributed by atoms with E-state index in [1.165, 1.54) is 44.6 Å². The normalized spacial score (nSPS) is 12.6. The second-order valence-corrected chi connectivity index (χ2v) is 6.68. The van der Waals surface area contributed by atoms with Crippen molar-refractivity contribution in [2.24, 2.45) is 0 Å². The molecule has 1 atom stereocenters. The van der Waals surface area contributed by atoms with Gasteiger partial charge in [-0.1, -0.05) is 68.3 Å². The summed E-state index contributed by atoms with van der Waals surface area (Å²) in [5.41, 5.74) is 1.06. The third-order valence-corrected chi connectivity index (χ3v) is 4.23. The van der Waals surface area contributed by atoms with E-state index < -0.39 is 0 Å². The first-order valence-corrected chi connectivity index (χ1v) is 9.16. The summed E-state index contributed by atoms with van der Waals surface area (Å²) in [4.78, 5) is 0. The van der Waals surface area contributed by atoms with Gasteiger partial charge in [0.05, 0.1) is 0 Å². The molecule has 0 fully saturated rings. The van der Waals surface area contributed by atoms with Crippen LogP contribution in [0.5, 0.6) is 0 Å². The summed E-state index contributed by atoms with van der Waals surface area (Å²) in [6.45, 7) is 5.39. The summed E-state index contributed by atoms with van der Waals surface area (Å²) in [6.07, 6.45) is 9.97. The Morgan fingerprint density at radius 1 is 1.00 bits per heavy atom. The van der Waals surface area contributed by atoms with E-state index in [1.807, 2.05) is 6.07 Å². The van der Waals surface area contributed by atoms with Crippen molar-refractivity contribution in [1.29, 1.82) is 0 Å². The van der Waals surface area contributed by atoms with E-state index in [2.05, 4.69) is 35.1 Å². The Bertz CT molecular complexity index is 375. The van der Waals surface area contributed by atoms with Gasteiger partial charge in [0.2, 0.25) is 0 Å². The van der Waals surface area contributed by atoms with E-state index in [4.69, 9.17) is 0 Å². The monoisotopic (exact) mass is 357 g/mol. The second-order valence-electron chi connectivity index (χ2n) is 5.77. The molecule has 0 aliphatic rings. The van der Waals surface area contributed by atoms with Gasteiger partial charge in [0.1, 0.15) is 5.82 Å². The molecule has 0 saturated heterocycles. The fraction of sp³-hybridized carbons (Fsp3) is 0.667. The van der Waals surface area contributed by atoms with E-state index in [0.717, 1.165) is 29.4 Å². The summed E-state index contributed by atoms with van der Waals surface area (Å²) < 4.78 is 14.4. The molecule has 0 aliphatic heterocycles. The first-order valence-electron chi connectivity index (χ1n) is 8.36. The molecule has 0 heterocycles. The molecule has 0 radical (unpaired) electrons. The molecule has 0 bridgehead atoms. The minimum atomic E-state index is -0.161. The van der Waals surface area contributed by atoms with Crippen molar-refractivity contribution in [3.05, 3.63) is 34.1 Å². The predicted molar refractivity (Wildman–Crippen MR) is 93.1 cm³/mol. The van der Waals surface area contributed by atoms with Gasteiger partial charge >= 0.3 is 0 Å². The van der Waals surface area contributed by atoms with Gasteiger partial charge < -0.3 is 5.32 Å². The van der Waals surface area contributed by atoms with Crippen LogP contribution < -0.4 is 5.32 Å². The highest BCUT2D eigenvalue weighted by Crippen LogP contribution is 2.24. The summed E-state index contributed by atoms with van der Waals surface area (Å²) >= 11 is 3.39. The van der Waals surface area contributed by atoms with Crippen LogP contribution in [0.15, 0.2) is 22.7 Å². The van der Waals surface area contributed by atoms with Crippen molar-refractivity contribution in [1.82, 2.24) is 5.32 Å². The number of hydrogen-bond donors (Lipinski definition) is 1. The number of hydrogen-bond acceptors (Lipinski definition) is 1. The van der Waals surface area contributed by atoms with Crippen LogP contribution in [0.1, 0.15) is 76.8 Å². The van der Waals surface area contributed by atoms with Crippen molar-refractivity contribution in [3.63, 3.8) is 0 Å². The van der Waals surface area contributed by atoms with E-state index in [9.17, 15) is 4.39 Å². The van der Waals surface area contributed by atoms with Crippen molar-refractivity contribution < 1.29 is 4.39 Å². The smallest absolute Gasteiger partial charge is 0.124 e. The number of rotatable bonds is 11. The maximum Gasteiger partial charge on any atom is 0.124 e. The molecule has 0 saturated carbocycles. The maximum atomic E-state index is 13.6. The Hall–Kier alpha value is -0.410. The van der Waals surface area contributed by atoms with Gasteiger partial charge in [-0.15, -0.1) is 0 Å². The van der Waals surface area contributed by atoms with Crippen molar-refractivity contribution in [2.45, 2.75) is 71.3 Å². The topological polar surface area (TPSA) is 12.0 Å². The van der Waals surface area contributed by atoms with Gasteiger partial charge in [-0.25, -0.2) is 4.39 Å². The van der Waals surface area contributed by atoms with Crippen LogP contribution in [0.2, 0.25) is 0 Å². The van der Waals surface area contributed by atoms with Gasteiger partial charge in [0.25, 0.3) is 0 Å². The van der Waals surface area contributed by atoms with Gasteiger partial charge in [-0.05, 0) is 43.1 Å². The lowest BCUT2D eigenvalue weighted by molar-refractivity contribution is 0.464. The zero-order valence-electron chi connectivity index (χ0n) is 13.4. The molecule has 1 nitrogen and oxygen atoms in total.